The van der Waals surface area contributed by atoms with Gasteiger partial charge in [0.15, 0.2) is 0 Å². The quantitative estimate of drug-likeness (QED) is 0.467. The van der Waals surface area contributed by atoms with Crippen molar-refractivity contribution in [3.05, 3.63) is 30.0 Å². The number of pyridine rings is 1. The second kappa shape index (κ2) is 5.62. The Kier molecular flexibility index (Phi) is 4.85. The summed E-state index contributed by atoms with van der Waals surface area (Å²) in [6.45, 7) is 0. The minimum absolute atomic E-state index is 0. The van der Waals surface area contributed by atoms with Crippen molar-refractivity contribution in [2.75, 3.05) is 0 Å². The minimum Gasteiger partial charge on any atom is -0.744 e. The molecule has 6 nitrogen and oxygen atoms in total. The van der Waals surface area contributed by atoms with Gasteiger partial charge in [0.25, 0.3) is 0 Å². The predicted octanol–water partition coefficient (Wildman–Crippen LogP) is -2.28. The molecular weight excluding hydrogens is 283 g/mol. The van der Waals surface area contributed by atoms with E-state index in [1.807, 2.05) is 6.07 Å². The molecule has 18 heavy (non-hydrogen) atoms. The summed E-state index contributed by atoms with van der Waals surface area (Å²) in [5.74, 6) is -0.415. The van der Waals surface area contributed by atoms with Crippen molar-refractivity contribution < 1.29 is 69.5 Å². The van der Waals surface area contributed by atoms with Crippen LogP contribution in [-0.4, -0.2) is 23.1 Å². The zero-order valence-corrected chi connectivity index (χ0v) is 13.2. The zero-order chi connectivity index (χ0) is 12.6. The van der Waals surface area contributed by atoms with Crippen LogP contribution in [0.15, 0.2) is 29.3 Å². The number of aromatic hydroxyl groups is 1. The molecular formula is C10H5KN2O4S. The van der Waals surface area contributed by atoms with Crippen molar-refractivity contribution in [3.8, 4) is 11.8 Å². The molecule has 0 bridgehead atoms. The van der Waals surface area contributed by atoms with Crippen molar-refractivity contribution in [2.45, 2.75) is 4.90 Å². The van der Waals surface area contributed by atoms with E-state index in [2.05, 4.69) is 4.98 Å². The van der Waals surface area contributed by atoms with Gasteiger partial charge in [-0.15, -0.1) is 0 Å². The first-order valence-electron chi connectivity index (χ1n) is 4.40. The molecule has 0 spiro atoms. The fourth-order valence-electron chi connectivity index (χ4n) is 1.41. The number of benzene rings is 1. The van der Waals surface area contributed by atoms with Gasteiger partial charge in [0.1, 0.15) is 27.5 Å². The Labute approximate surface area is 145 Å². The molecule has 0 aliphatic rings. The zero-order valence-electron chi connectivity index (χ0n) is 9.28. The molecule has 0 atom stereocenters. The standard InChI is InChI=1S/C10H6N2O4S.K/c11-4-6-1-7-2-8(17(14,15)16)3-9(13)10(7)12-5-6;/h1-3,5,13H,(H,14,15,16);/q;+1/p-1. The van der Waals surface area contributed by atoms with Gasteiger partial charge in [0, 0.05) is 11.6 Å². The maximum atomic E-state index is 10.8. The molecule has 2 rings (SSSR count). The van der Waals surface area contributed by atoms with Gasteiger partial charge in [-0.05, 0) is 18.2 Å². The summed E-state index contributed by atoms with van der Waals surface area (Å²) in [5, 5.41) is 18.4. The van der Waals surface area contributed by atoms with Crippen molar-refractivity contribution in [1.29, 1.82) is 5.26 Å². The first-order valence-corrected chi connectivity index (χ1v) is 5.81. The smallest absolute Gasteiger partial charge is 0.744 e. The Balaban J connectivity index is 0.00000162. The van der Waals surface area contributed by atoms with Crippen molar-refractivity contribution in [2.24, 2.45) is 0 Å². The van der Waals surface area contributed by atoms with E-state index in [4.69, 9.17) is 5.26 Å². The molecule has 2 aromatic rings. The molecule has 0 saturated heterocycles. The van der Waals surface area contributed by atoms with Gasteiger partial charge in [-0.1, -0.05) is 0 Å². The van der Waals surface area contributed by atoms with Gasteiger partial charge in [0.05, 0.1) is 10.5 Å². The molecule has 0 radical (unpaired) electrons. The molecule has 0 fully saturated rings. The maximum Gasteiger partial charge on any atom is 1.00 e. The van der Waals surface area contributed by atoms with Crippen LogP contribution in [0.25, 0.3) is 10.9 Å². The van der Waals surface area contributed by atoms with Gasteiger partial charge in [-0.25, -0.2) is 8.42 Å². The first kappa shape index (κ1) is 15.5. The molecule has 0 aliphatic heterocycles. The van der Waals surface area contributed by atoms with Gasteiger partial charge in [-0.2, -0.15) is 5.26 Å². The number of phenols is 1. The number of fused-ring (bicyclic) bond motifs is 1. The Morgan fingerprint density at radius 2 is 2.00 bits per heavy atom. The predicted molar refractivity (Wildman–Crippen MR) is 56.1 cm³/mol. The topological polar surface area (TPSA) is 114 Å². The largest absolute Gasteiger partial charge is 1.00 e. The van der Waals surface area contributed by atoms with E-state index >= 15 is 0 Å². The van der Waals surface area contributed by atoms with E-state index in [1.54, 1.807) is 0 Å². The molecule has 1 aromatic carbocycles. The van der Waals surface area contributed by atoms with E-state index in [0.29, 0.717) is 0 Å². The van der Waals surface area contributed by atoms with Crippen LogP contribution in [0.4, 0.5) is 0 Å². The van der Waals surface area contributed by atoms with Crippen LogP contribution < -0.4 is 51.4 Å². The van der Waals surface area contributed by atoms with Crippen LogP contribution in [0.1, 0.15) is 5.56 Å². The molecule has 1 N–H and O–H groups in total. The van der Waals surface area contributed by atoms with Crippen molar-refractivity contribution in [1.82, 2.24) is 4.98 Å². The first-order chi connectivity index (χ1) is 7.91. The Bertz CT molecular complexity index is 752. The third-order valence-corrected chi connectivity index (χ3v) is 2.97. The van der Waals surface area contributed by atoms with Crippen LogP contribution in [0, 0.1) is 11.3 Å². The monoisotopic (exact) mass is 288 g/mol. The van der Waals surface area contributed by atoms with Crippen LogP contribution in [0.3, 0.4) is 0 Å². The summed E-state index contributed by atoms with van der Waals surface area (Å²) in [7, 11) is -4.66. The average molecular weight is 288 g/mol. The van der Waals surface area contributed by atoms with Crippen LogP contribution in [0.2, 0.25) is 0 Å². The molecule has 8 heteroatoms. The molecule has 0 saturated carbocycles. The summed E-state index contributed by atoms with van der Waals surface area (Å²) < 4.78 is 32.5. The molecule has 86 valence electrons. The van der Waals surface area contributed by atoms with Crippen molar-refractivity contribution >= 4 is 21.0 Å². The SMILES string of the molecule is N#Cc1cnc2c(O)cc(S(=O)(=O)[O-])cc2c1.[K+]. The van der Waals surface area contributed by atoms with Crippen molar-refractivity contribution in [3.63, 3.8) is 0 Å². The van der Waals surface area contributed by atoms with Crippen LogP contribution in [-0.2, 0) is 10.1 Å². The van der Waals surface area contributed by atoms with Gasteiger partial charge in [-0.3, -0.25) is 4.98 Å². The van der Waals surface area contributed by atoms with Gasteiger partial charge < -0.3 is 9.66 Å². The van der Waals surface area contributed by atoms with E-state index in [0.717, 1.165) is 12.1 Å². The molecule has 0 aliphatic carbocycles. The van der Waals surface area contributed by atoms with Crippen LogP contribution >= 0.6 is 0 Å². The number of hydrogen-bond acceptors (Lipinski definition) is 6. The number of rotatable bonds is 1. The fourth-order valence-corrected chi connectivity index (χ4v) is 1.94. The number of nitrogens with zero attached hydrogens (tertiary/aromatic N) is 2. The minimum atomic E-state index is -4.66. The molecule has 0 unspecified atom stereocenters. The Morgan fingerprint density at radius 3 is 2.56 bits per heavy atom. The number of nitriles is 1. The summed E-state index contributed by atoms with van der Waals surface area (Å²) in [5.41, 5.74) is 0.341. The molecule has 0 amide bonds. The van der Waals surface area contributed by atoms with E-state index < -0.39 is 20.8 Å². The Morgan fingerprint density at radius 1 is 1.33 bits per heavy atom. The van der Waals surface area contributed by atoms with Gasteiger partial charge in [0.2, 0.25) is 0 Å². The molecule has 1 heterocycles. The summed E-state index contributed by atoms with van der Waals surface area (Å²) in [4.78, 5) is 3.25. The second-order valence-electron chi connectivity index (χ2n) is 3.30. The Hall–Kier alpha value is -0.534. The number of phenolic OH excluding ortho intramolecular Hbond substituents is 1. The van der Waals surface area contributed by atoms with E-state index in [-0.39, 0.29) is 67.9 Å². The summed E-state index contributed by atoms with van der Waals surface area (Å²) in [6.07, 6.45) is 1.24. The maximum absolute atomic E-state index is 10.8. The summed E-state index contributed by atoms with van der Waals surface area (Å²) >= 11 is 0. The third-order valence-electron chi connectivity index (χ3n) is 2.15. The third kappa shape index (κ3) is 3.07. The van der Waals surface area contributed by atoms with Crippen LogP contribution in [0.5, 0.6) is 5.75 Å². The summed E-state index contributed by atoms with van der Waals surface area (Å²) in [6, 6.07) is 5.08. The average Bonchev–Trinajstić information content (AvgIpc) is 2.27. The van der Waals surface area contributed by atoms with Gasteiger partial charge >= 0.3 is 51.4 Å². The molecule has 1 aromatic heterocycles. The fraction of sp³-hybridized carbons (Fsp3) is 0. The number of hydrogen-bond donors (Lipinski definition) is 1. The van der Waals surface area contributed by atoms with E-state index in [9.17, 15) is 18.1 Å². The normalized spacial score (nSPS) is 10.7. The van der Waals surface area contributed by atoms with E-state index in [1.165, 1.54) is 12.3 Å². The number of aromatic nitrogens is 1. The second-order valence-corrected chi connectivity index (χ2v) is 4.68.